The Balaban J connectivity index is 1.32. The molecular formula is C29H34O9. The second-order valence-corrected chi connectivity index (χ2v) is 9.64. The summed E-state index contributed by atoms with van der Waals surface area (Å²) in [5, 5.41) is 68.5. The van der Waals surface area contributed by atoms with Gasteiger partial charge in [0.25, 0.3) is 0 Å². The lowest BCUT2D eigenvalue weighted by Crippen LogP contribution is -2.58. The largest absolute Gasteiger partial charge is 0.394 e. The molecule has 0 unspecified atom stereocenters. The Morgan fingerprint density at radius 3 is 1.84 bits per heavy atom. The van der Waals surface area contributed by atoms with Crippen molar-refractivity contribution in [3.05, 3.63) is 76.9 Å². The number of hydrogen-bond donors (Lipinski definition) is 7. The Morgan fingerprint density at radius 2 is 1.24 bits per heavy atom. The van der Waals surface area contributed by atoms with E-state index in [1.54, 1.807) is 6.08 Å². The first-order valence-electron chi connectivity index (χ1n) is 12.6. The molecule has 0 aromatic heterocycles. The normalized spacial score (nSPS) is 33.6. The van der Waals surface area contributed by atoms with E-state index < -0.39 is 61.5 Å². The molecule has 2 aromatic rings. The van der Waals surface area contributed by atoms with Crippen molar-refractivity contribution in [3.63, 3.8) is 0 Å². The highest BCUT2D eigenvalue weighted by Gasteiger charge is 2.42. The van der Waals surface area contributed by atoms with Crippen LogP contribution in [0.1, 0.15) is 41.2 Å². The van der Waals surface area contributed by atoms with Crippen molar-refractivity contribution < 1.29 is 45.2 Å². The van der Waals surface area contributed by atoms with E-state index in [2.05, 4.69) is 11.8 Å². The molecule has 2 aliphatic rings. The summed E-state index contributed by atoms with van der Waals surface area (Å²) < 4.78 is 11.2. The molecule has 204 valence electrons. The molecular weight excluding hydrogens is 492 g/mol. The van der Waals surface area contributed by atoms with Crippen LogP contribution in [-0.4, -0.2) is 97.8 Å². The molecule has 0 bridgehead atoms. The third-order valence-electron chi connectivity index (χ3n) is 6.96. The van der Waals surface area contributed by atoms with Crippen molar-refractivity contribution in [2.45, 2.75) is 67.8 Å². The summed E-state index contributed by atoms with van der Waals surface area (Å²) in [5.74, 6) is 6.22. The Hall–Kier alpha value is -2.62. The van der Waals surface area contributed by atoms with Crippen molar-refractivity contribution in [2.24, 2.45) is 0 Å². The molecule has 2 saturated heterocycles. The Kier molecular flexibility index (Phi) is 9.68. The average molecular weight is 527 g/mol. The van der Waals surface area contributed by atoms with Crippen LogP contribution in [0.15, 0.2) is 54.6 Å². The Morgan fingerprint density at radius 1 is 0.684 bits per heavy atom. The van der Waals surface area contributed by atoms with Crippen molar-refractivity contribution >= 4 is 6.08 Å². The quantitative estimate of drug-likeness (QED) is 0.255. The van der Waals surface area contributed by atoms with Gasteiger partial charge in [-0.2, -0.15) is 0 Å². The van der Waals surface area contributed by atoms with Crippen molar-refractivity contribution in [1.82, 2.24) is 0 Å². The molecule has 4 rings (SSSR count). The second-order valence-electron chi connectivity index (χ2n) is 9.64. The first-order chi connectivity index (χ1) is 18.3. The highest BCUT2D eigenvalue weighted by atomic mass is 16.5. The summed E-state index contributed by atoms with van der Waals surface area (Å²) in [6.45, 7) is -0.821. The van der Waals surface area contributed by atoms with Crippen LogP contribution < -0.4 is 0 Å². The smallest absolute Gasteiger partial charge is 0.111 e. The minimum absolute atomic E-state index is 0.242. The van der Waals surface area contributed by atoms with Gasteiger partial charge in [0, 0.05) is 17.5 Å². The summed E-state index contributed by atoms with van der Waals surface area (Å²) in [6, 6.07) is 15.0. The molecule has 0 aliphatic carbocycles. The fourth-order valence-electron chi connectivity index (χ4n) is 4.63. The van der Waals surface area contributed by atoms with E-state index in [9.17, 15) is 35.7 Å². The van der Waals surface area contributed by atoms with Gasteiger partial charge in [-0.1, -0.05) is 48.3 Å². The SMILES string of the molecule is OC[C@H]1O[C@H](C/C=C/c2ccc(C#Cc3ccc([C@@H]4C[C@@H](O)[C@H](O)[C@@H](CO)O4)cc3)cc2)[C@@H](O)[C@@H](O)[C@@H]1O. The van der Waals surface area contributed by atoms with Crippen LogP contribution in [0.2, 0.25) is 0 Å². The zero-order valence-electron chi connectivity index (χ0n) is 20.7. The average Bonchev–Trinajstić information content (AvgIpc) is 2.94. The number of rotatable bonds is 6. The Labute approximate surface area is 221 Å². The Bertz CT molecular complexity index is 1120. The molecule has 9 atom stereocenters. The van der Waals surface area contributed by atoms with Gasteiger partial charge in [-0.05, 0) is 41.8 Å². The molecule has 9 nitrogen and oxygen atoms in total. The van der Waals surface area contributed by atoms with Gasteiger partial charge in [0.2, 0.25) is 0 Å². The van der Waals surface area contributed by atoms with Gasteiger partial charge in [0.05, 0.1) is 31.5 Å². The highest BCUT2D eigenvalue weighted by Crippen LogP contribution is 2.32. The first-order valence-corrected chi connectivity index (χ1v) is 12.6. The number of aliphatic hydroxyl groups is 7. The maximum atomic E-state index is 10.1. The third-order valence-corrected chi connectivity index (χ3v) is 6.96. The zero-order valence-corrected chi connectivity index (χ0v) is 20.7. The lowest BCUT2D eigenvalue weighted by Gasteiger charge is -2.39. The summed E-state index contributed by atoms with van der Waals surface area (Å²) in [5.41, 5.74) is 3.36. The van der Waals surface area contributed by atoms with Gasteiger partial charge < -0.3 is 45.2 Å². The lowest BCUT2D eigenvalue weighted by atomic mass is 9.93. The van der Waals surface area contributed by atoms with Gasteiger partial charge in [-0.3, -0.25) is 0 Å². The van der Waals surface area contributed by atoms with E-state index in [1.807, 2.05) is 54.6 Å². The summed E-state index contributed by atoms with van der Waals surface area (Å²) in [7, 11) is 0. The molecule has 0 radical (unpaired) electrons. The molecule has 0 spiro atoms. The fraction of sp³-hybridized carbons (Fsp3) is 0.448. The lowest BCUT2D eigenvalue weighted by molar-refractivity contribution is -0.227. The van der Waals surface area contributed by atoms with E-state index in [0.717, 1.165) is 22.3 Å². The maximum absolute atomic E-state index is 10.1. The van der Waals surface area contributed by atoms with Crippen molar-refractivity contribution in [1.29, 1.82) is 0 Å². The van der Waals surface area contributed by atoms with Gasteiger partial charge >= 0.3 is 0 Å². The highest BCUT2D eigenvalue weighted by molar-refractivity contribution is 5.52. The minimum atomic E-state index is -1.38. The van der Waals surface area contributed by atoms with E-state index in [-0.39, 0.29) is 13.0 Å². The van der Waals surface area contributed by atoms with E-state index in [0.29, 0.717) is 6.42 Å². The third kappa shape index (κ3) is 6.68. The summed E-state index contributed by atoms with van der Waals surface area (Å²) >= 11 is 0. The van der Waals surface area contributed by atoms with Crippen LogP contribution in [0, 0.1) is 11.8 Å². The van der Waals surface area contributed by atoms with Crippen LogP contribution >= 0.6 is 0 Å². The van der Waals surface area contributed by atoms with Gasteiger partial charge in [-0.15, -0.1) is 0 Å². The topological polar surface area (TPSA) is 160 Å². The second kappa shape index (κ2) is 13.0. The molecule has 2 aromatic carbocycles. The number of aliphatic hydroxyl groups excluding tert-OH is 7. The first kappa shape index (κ1) is 28.4. The van der Waals surface area contributed by atoms with Crippen LogP contribution in [0.3, 0.4) is 0 Å². The van der Waals surface area contributed by atoms with Crippen molar-refractivity contribution in [2.75, 3.05) is 13.2 Å². The van der Waals surface area contributed by atoms with Gasteiger partial charge in [-0.25, -0.2) is 0 Å². The van der Waals surface area contributed by atoms with Crippen molar-refractivity contribution in [3.8, 4) is 11.8 Å². The van der Waals surface area contributed by atoms with Crippen LogP contribution in [-0.2, 0) is 9.47 Å². The number of benzene rings is 2. The molecule has 0 saturated carbocycles. The molecule has 2 fully saturated rings. The minimum Gasteiger partial charge on any atom is -0.394 e. The standard InChI is InChI=1S/C29H34O9/c30-15-24-26(33)21(32)14-23(38-24)20-12-10-19(11-13-20)9-8-18-6-4-17(5-7-18)2-1-3-22-27(34)29(36)28(35)25(16-31)37-22/h1-2,4-7,10-13,21-36H,3,14-16H2/b2-1+/t21-,22-,23+,24-,25-,26+,27-,28-,29-/m1/s1. The maximum Gasteiger partial charge on any atom is 0.111 e. The van der Waals surface area contributed by atoms with Crippen LogP contribution in [0.25, 0.3) is 6.08 Å². The summed E-state index contributed by atoms with van der Waals surface area (Å²) in [4.78, 5) is 0. The van der Waals surface area contributed by atoms with Crippen LogP contribution in [0.4, 0.5) is 0 Å². The molecule has 0 amide bonds. The monoisotopic (exact) mass is 526 g/mol. The molecule has 2 aliphatic heterocycles. The number of ether oxygens (including phenoxy) is 2. The molecule has 2 heterocycles. The van der Waals surface area contributed by atoms with E-state index >= 15 is 0 Å². The molecule has 38 heavy (non-hydrogen) atoms. The fourth-order valence-corrected chi connectivity index (χ4v) is 4.63. The number of hydrogen-bond acceptors (Lipinski definition) is 9. The zero-order chi connectivity index (χ0) is 27.2. The van der Waals surface area contributed by atoms with Gasteiger partial charge in [0.15, 0.2) is 0 Å². The van der Waals surface area contributed by atoms with E-state index in [4.69, 9.17) is 9.47 Å². The van der Waals surface area contributed by atoms with Crippen LogP contribution in [0.5, 0.6) is 0 Å². The van der Waals surface area contributed by atoms with Gasteiger partial charge in [0.1, 0.15) is 36.6 Å². The predicted octanol–water partition coefficient (Wildman–Crippen LogP) is -0.124. The summed E-state index contributed by atoms with van der Waals surface area (Å²) in [6.07, 6.45) is -4.78. The predicted molar refractivity (Wildman–Crippen MR) is 138 cm³/mol. The molecule has 9 heteroatoms. The molecule has 7 N–H and O–H groups in total. The van der Waals surface area contributed by atoms with E-state index in [1.165, 1.54) is 0 Å².